The summed E-state index contributed by atoms with van der Waals surface area (Å²) < 4.78 is 5.31. The maximum atomic E-state index is 12.3. The Balaban J connectivity index is 1.86. The molecule has 2 rings (SSSR count). The molecule has 0 aliphatic heterocycles. The smallest absolute Gasteiger partial charge is 0.251 e. The van der Waals surface area contributed by atoms with Gasteiger partial charge < -0.3 is 10.1 Å². The molecule has 0 saturated heterocycles. The fourth-order valence-corrected chi connectivity index (χ4v) is 3.07. The van der Waals surface area contributed by atoms with Crippen LogP contribution in [0.4, 0.5) is 0 Å². The highest BCUT2D eigenvalue weighted by Crippen LogP contribution is 2.21. The monoisotopic (exact) mass is 341 g/mol. The molecule has 24 heavy (non-hydrogen) atoms. The lowest BCUT2D eigenvalue weighted by molar-refractivity contribution is 0.0956. The van der Waals surface area contributed by atoms with Gasteiger partial charge in [0.25, 0.3) is 5.91 Å². The fourth-order valence-electron chi connectivity index (χ4n) is 2.30. The Labute approximate surface area is 148 Å². The summed E-state index contributed by atoms with van der Waals surface area (Å²) in [5.41, 5.74) is 2.87. The number of carbonyl (C=O) groups excluding carboxylic acids is 1. The Kier molecular flexibility index (Phi) is 6.94. The Hall–Kier alpha value is -2.20. The molecule has 0 unspecified atom stereocenters. The molecule has 3 nitrogen and oxygen atoms in total. The van der Waals surface area contributed by atoms with Crippen LogP contribution in [0.2, 0.25) is 0 Å². The van der Waals surface area contributed by atoms with E-state index in [1.165, 1.54) is 10.5 Å². The van der Waals surface area contributed by atoms with Crippen LogP contribution in [-0.2, 0) is 6.42 Å². The number of thioether (sulfide) groups is 1. The Bertz CT molecular complexity index is 695. The lowest BCUT2D eigenvalue weighted by Crippen LogP contribution is -2.25. The number of carbonyl (C=O) groups is 1. The molecule has 0 radical (unpaired) electrons. The minimum atomic E-state index is -0.0625. The molecule has 0 spiro atoms. The summed E-state index contributed by atoms with van der Waals surface area (Å²) in [7, 11) is 1.63. The van der Waals surface area contributed by atoms with Gasteiger partial charge in [-0.2, -0.15) is 0 Å². The molecule has 0 saturated carbocycles. The lowest BCUT2D eigenvalue weighted by Gasteiger charge is -2.10. The summed E-state index contributed by atoms with van der Waals surface area (Å²) in [5.74, 6) is 1.55. The molecular weight excluding hydrogens is 318 g/mol. The van der Waals surface area contributed by atoms with Crippen molar-refractivity contribution in [2.45, 2.75) is 18.2 Å². The third-order valence-electron chi connectivity index (χ3n) is 3.58. The van der Waals surface area contributed by atoms with Gasteiger partial charge in [0.05, 0.1) is 7.11 Å². The molecule has 126 valence electrons. The van der Waals surface area contributed by atoms with Crippen molar-refractivity contribution >= 4 is 17.7 Å². The van der Waals surface area contributed by atoms with E-state index in [-0.39, 0.29) is 5.91 Å². The number of benzene rings is 2. The Morgan fingerprint density at radius 1 is 1.25 bits per heavy atom. The van der Waals surface area contributed by atoms with E-state index in [1.54, 1.807) is 31.0 Å². The molecule has 1 amide bonds. The summed E-state index contributed by atoms with van der Waals surface area (Å²) >= 11 is 1.74. The van der Waals surface area contributed by atoms with Gasteiger partial charge in [0.15, 0.2) is 0 Å². The van der Waals surface area contributed by atoms with Crippen LogP contribution in [0.1, 0.15) is 21.5 Å². The van der Waals surface area contributed by atoms with E-state index in [9.17, 15) is 4.79 Å². The lowest BCUT2D eigenvalue weighted by atomic mass is 10.1. The molecule has 1 N–H and O–H groups in total. The Morgan fingerprint density at radius 3 is 2.67 bits per heavy atom. The molecule has 0 heterocycles. The first-order chi connectivity index (χ1) is 11.6. The zero-order chi connectivity index (χ0) is 17.4. The van der Waals surface area contributed by atoms with Gasteiger partial charge in [0.2, 0.25) is 0 Å². The number of aryl methyl sites for hydroxylation is 1. The van der Waals surface area contributed by atoms with Crippen molar-refractivity contribution in [2.24, 2.45) is 0 Å². The number of allylic oxidation sites excluding steroid dienone is 1. The Morgan fingerprint density at radius 2 is 2.00 bits per heavy atom. The van der Waals surface area contributed by atoms with Gasteiger partial charge in [0, 0.05) is 22.8 Å². The van der Waals surface area contributed by atoms with E-state index in [2.05, 4.69) is 43.1 Å². The van der Waals surface area contributed by atoms with Crippen molar-refractivity contribution in [1.29, 1.82) is 0 Å². The van der Waals surface area contributed by atoms with E-state index in [1.807, 2.05) is 12.1 Å². The van der Waals surface area contributed by atoms with Crippen molar-refractivity contribution in [3.05, 3.63) is 71.8 Å². The van der Waals surface area contributed by atoms with Gasteiger partial charge in [-0.3, -0.25) is 4.79 Å². The van der Waals surface area contributed by atoms with E-state index in [0.717, 1.165) is 17.1 Å². The highest BCUT2D eigenvalue weighted by Gasteiger charge is 2.09. The number of nitrogens with one attached hydrogen (secondary N) is 1. The number of hydrogen-bond donors (Lipinski definition) is 1. The third kappa shape index (κ3) is 5.17. The average molecular weight is 341 g/mol. The number of ether oxygens (including phenoxy) is 1. The predicted octanol–water partition coefficient (Wildman–Crippen LogP) is 4.25. The molecule has 2 aromatic rings. The molecule has 4 heteroatoms. The van der Waals surface area contributed by atoms with Crippen LogP contribution < -0.4 is 10.1 Å². The quantitative estimate of drug-likeness (QED) is 0.443. The van der Waals surface area contributed by atoms with Crippen LogP contribution in [0.25, 0.3) is 0 Å². The van der Waals surface area contributed by atoms with Crippen LogP contribution in [0.5, 0.6) is 5.75 Å². The maximum absolute atomic E-state index is 12.3. The summed E-state index contributed by atoms with van der Waals surface area (Å²) in [6.45, 7) is 6.44. The molecule has 0 fully saturated rings. The van der Waals surface area contributed by atoms with Gasteiger partial charge in [-0.05, 0) is 49.2 Å². The SMILES string of the molecule is C=CCc1cc(C(=O)NCCSc2ccc(C)cc2)ccc1OC. The standard InChI is InChI=1S/C20H23NO2S/c1-4-5-16-14-17(8-11-19(16)23-3)20(22)21-12-13-24-18-9-6-15(2)7-10-18/h4,6-11,14H,1,5,12-13H2,2-3H3,(H,21,22). The summed E-state index contributed by atoms with van der Waals surface area (Å²) in [5, 5.41) is 2.96. The summed E-state index contributed by atoms with van der Waals surface area (Å²) in [4.78, 5) is 13.5. The van der Waals surface area contributed by atoms with Gasteiger partial charge in [0.1, 0.15) is 5.75 Å². The number of amides is 1. The number of methoxy groups -OCH3 is 1. The van der Waals surface area contributed by atoms with Crippen LogP contribution in [0.15, 0.2) is 60.0 Å². The first-order valence-corrected chi connectivity index (χ1v) is 8.88. The molecule has 0 aromatic heterocycles. The van der Waals surface area contributed by atoms with Gasteiger partial charge >= 0.3 is 0 Å². The second kappa shape index (κ2) is 9.18. The maximum Gasteiger partial charge on any atom is 0.251 e. The first-order valence-electron chi connectivity index (χ1n) is 7.89. The molecule has 0 atom stereocenters. The molecule has 0 aliphatic rings. The third-order valence-corrected chi connectivity index (χ3v) is 4.60. The first kappa shape index (κ1) is 18.1. The molecular formula is C20H23NO2S. The van der Waals surface area contributed by atoms with Crippen molar-refractivity contribution in [3.8, 4) is 5.75 Å². The molecule has 0 aliphatic carbocycles. The molecule has 0 bridgehead atoms. The summed E-state index contributed by atoms with van der Waals surface area (Å²) in [6.07, 6.45) is 2.48. The minimum Gasteiger partial charge on any atom is -0.496 e. The van der Waals surface area contributed by atoms with Crippen LogP contribution in [0, 0.1) is 6.92 Å². The van der Waals surface area contributed by atoms with E-state index >= 15 is 0 Å². The second-order valence-electron chi connectivity index (χ2n) is 5.44. The number of hydrogen-bond acceptors (Lipinski definition) is 3. The average Bonchev–Trinajstić information content (AvgIpc) is 2.60. The van der Waals surface area contributed by atoms with Crippen LogP contribution in [-0.4, -0.2) is 25.3 Å². The van der Waals surface area contributed by atoms with E-state index in [0.29, 0.717) is 18.5 Å². The molecule has 2 aromatic carbocycles. The highest BCUT2D eigenvalue weighted by molar-refractivity contribution is 7.99. The predicted molar refractivity (Wildman–Crippen MR) is 101 cm³/mol. The van der Waals surface area contributed by atoms with Crippen molar-refractivity contribution in [2.75, 3.05) is 19.4 Å². The fraction of sp³-hybridized carbons (Fsp3) is 0.250. The van der Waals surface area contributed by atoms with Gasteiger partial charge in [-0.15, -0.1) is 18.3 Å². The van der Waals surface area contributed by atoms with Crippen LogP contribution in [0.3, 0.4) is 0 Å². The summed E-state index contributed by atoms with van der Waals surface area (Å²) in [6, 6.07) is 13.9. The zero-order valence-corrected chi connectivity index (χ0v) is 15.0. The van der Waals surface area contributed by atoms with Gasteiger partial charge in [-0.25, -0.2) is 0 Å². The normalized spacial score (nSPS) is 10.2. The van der Waals surface area contributed by atoms with E-state index < -0.39 is 0 Å². The largest absolute Gasteiger partial charge is 0.496 e. The number of rotatable bonds is 8. The van der Waals surface area contributed by atoms with Crippen molar-refractivity contribution < 1.29 is 9.53 Å². The zero-order valence-electron chi connectivity index (χ0n) is 14.2. The minimum absolute atomic E-state index is 0.0625. The van der Waals surface area contributed by atoms with Crippen molar-refractivity contribution in [3.63, 3.8) is 0 Å². The topological polar surface area (TPSA) is 38.3 Å². The highest BCUT2D eigenvalue weighted by atomic mass is 32.2. The van der Waals surface area contributed by atoms with Crippen LogP contribution >= 0.6 is 11.8 Å². The van der Waals surface area contributed by atoms with Crippen molar-refractivity contribution in [1.82, 2.24) is 5.32 Å². The second-order valence-corrected chi connectivity index (χ2v) is 6.61. The van der Waals surface area contributed by atoms with Gasteiger partial charge in [-0.1, -0.05) is 23.8 Å². The van der Waals surface area contributed by atoms with E-state index in [4.69, 9.17) is 4.74 Å².